The van der Waals surface area contributed by atoms with Crippen LogP contribution in [0.3, 0.4) is 0 Å². The van der Waals surface area contributed by atoms with Crippen molar-refractivity contribution >= 4 is 16.8 Å². The number of allylic oxidation sites excluding steroid dienone is 1. The molecule has 5 atom stereocenters. The van der Waals surface area contributed by atoms with Crippen LogP contribution in [-0.2, 0) is 25.1 Å². The zero-order chi connectivity index (χ0) is 20.5. The van der Waals surface area contributed by atoms with Gasteiger partial charge in [-0.3, -0.25) is 9.00 Å². The third kappa shape index (κ3) is 3.98. The van der Waals surface area contributed by atoms with Gasteiger partial charge in [-0.05, 0) is 50.0 Å². The predicted octanol–water partition coefficient (Wildman–Crippen LogP) is 5.37. The maximum atomic E-state index is 13.7. The second-order valence-corrected chi connectivity index (χ2v) is 10.9. The molecular formula is C24H34O3S. The average Bonchev–Trinajstić information content (AvgIpc) is 2.65. The summed E-state index contributed by atoms with van der Waals surface area (Å²) in [6, 6.07) is 9.62. The van der Waals surface area contributed by atoms with Gasteiger partial charge in [0.1, 0.15) is 6.10 Å². The quantitative estimate of drug-likeness (QED) is 0.502. The molecule has 154 valence electrons. The van der Waals surface area contributed by atoms with E-state index in [1.54, 1.807) is 0 Å². The minimum atomic E-state index is -1.34. The highest BCUT2D eigenvalue weighted by atomic mass is 32.2. The van der Waals surface area contributed by atoms with E-state index >= 15 is 0 Å². The highest BCUT2D eigenvalue weighted by Crippen LogP contribution is 2.43. The van der Waals surface area contributed by atoms with Crippen molar-refractivity contribution in [2.75, 3.05) is 5.75 Å². The molecule has 1 heterocycles. The molecule has 0 N–H and O–H groups in total. The van der Waals surface area contributed by atoms with Crippen LogP contribution in [0.5, 0.6) is 0 Å². The van der Waals surface area contributed by atoms with E-state index in [9.17, 15) is 9.00 Å². The van der Waals surface area contributed by atoms with Gasteiger partial charge in [0, 0.05) is 23.0 Å². The van der Waals surface area contributed by atoms with Gasteiger partial charge in [0.2, 0.25) is 0 Å². The molecule has 1 aromatic carbocycles. The molecule has 28 heavy (non-hydrogen) atoms. The highest BCUT2D eigenvalue weighted by Gasteiger charge is 2.51. The normalized spacial score (nSPS) is 33.8. The summed E-state index contributed by atoms with van der Waals surface area (Å²) in [7, 11) is -1.34. The van der Waals surface area contributed by atoms with Gasteiger partial charge in [0.15, 0.2) is 4.75 Å². The lowest BCUT2D eigenvalue weighted by Crippen LogP contribution is -2.48. The van der Waals surface area contributed by atoms with Gasteiger partial charge in [-0.25, -0.2) is 0 Å². The molecule has 1 fully saturated rings. The monoisotopic (exact) mass is 402 g/mol. The Morgan fingerprint density at radius 3 is 2.46 bits per heavy atom. The minimum Gasteiger partial charge on any atom is -0.461 e. The topological polar surface area (TPSA) is 43.4 Å². The van der Waals surface area contributed by atoms with E-state index in [4.69, 9.17) is 4.74 Å². The molecule has 1 aliphatic carbocycles. The number of ether oxygens (including phenoxy) is 1. The van der Waals surface area contributed by atoms with Crippen LogP contribution in [0.15, 0.2) is 41.5 Å². The number of hydrogen-bond donors (Lipinski definition) is 0. The van der Waals surface area contributed by atoms with Crippen LogP contribution < -0.4 is 0 Å². The third-order valence-corrected chi connectivity index (χ3v) is 8.79. The molecule has 3 rings (SSSR count). The van der Waals surface area contributed by atoms with Gasteiger partial charge in [0.05, 0.1) is 0 Å². The number of carbonyl (C=O) groups excluding carboxylic acids is 1. The van der Waals surface area contributed by atoms with Crippen molar-refractivity contribution in [3.05, 3.63) is 47.0 Å². The maximum absolute atomic E-state index is 13.7. The second-order valence-electron chi connectivity index (χ2n) is 9.19. The Morgan fingerprint density at radius 1 is 1.14 bits per heavy atom. The van der Waals surface area contributed by atoms with Crippen LogP contribution >= 0.6 is 0 Å². The van der Waals surface area contributed by atoms with Crippen molar-refractivity contribution in [3.8, 4) is 0 Å². The van der Waals surface area contributed by atoms with Crippen LogP contribution in [-0.4, -0.2) is 22.0 Å². The van der Waals surface area contributed by atoms with Crippen LogP contribution in [0.1, 0.15) is 65.9 Å². The Hall–Kier alpha value is -1.42. The molecule has 3 nitrogen and oxygen atoms in total. The van der Waals surface area contributed by atoms with Crippen molar-refractivity contribution in [1.29, 1.82) is 0 Å². The maximum Gasteiger partial charge on any atom is 0.330 e. The first-order valence-corrected chi connectivity index (χ1v) is 11.9. The third-order valence-electron chi connectivity index (χ3n) is 6.77. The fraction of sp³-hybridized carbons (Fsp3) is 0.625. The van der Waals surface area contributed by atoms with E-state index in [1.165, 1.54) is 6.42 Å². The first-order chi connectivity index (χ1) is 13.3. The Morgan fingerprint density at radius 2 is 1.82 bits per heavy atom. The molecule has 0 saturated heterocycles. The molecule has 0 spiro atoms. The van der Waals surface area contributed by atoms with E-state index in [0.29, 0.717) is 29.9 Å². The molecule has 1 aromatic rings. The Kier molecular flexibility index (Phi) is 6.48. The van der Waals surface area contributed by atoms with E-state index in [2.05, 4.69) is 27.7 Å². The van der Waals surface area contributed by atoms with Gasteiger partial charge >= 0.3 is 5.97 Å². The van der Waals surface area contributed by atoms with Gasteiger partial charge in [-0.1, -0.05) is 68.7 Å². The Labute approximate surface area is 172 Å². The fourth-order valence-corrected chi connectivity index (χ4v) is 6.65. The molecule has 1 aliphatic heterocycles. The van der Waals surface area contributed by atoms with E-state index in [0.717, 1.165) is 29.6 Å². The second kappa shape index (κ2) is 8.52. The molecule has 1 saturated carbocycles. The molecule has 4 heteroatoms. The van der Waals surface area contributed by atoms with E-state index < -0.39 is 15.5 Å². The van der Waals surface area contributed by atoms with Gasteiger partial charge < -0.3 is 4.74 Å². The van der Waals surface area contributed by atoms with Crippen molar-refractivity contribution in [3.63, 3.8) is 0 Å². The molecule has 0 aromatic heterocycles. The molecule has 0 unspecified atom stereocenters. The van der Waals surface area contributed by atoms with Crippen LogP contribution in [0.4, 0.5) is 0 Å². The highest BCUT2D eigenvalue weighted by molar-refractivity contribution is 7.87. The summed E-state index contributed by atoms with van der Waals surface area (Å²) >= 11 is 0. The van der Waals surface area contributed by atoms with Gasteiger partial charge in [0.25, 0.3) is 0 Å². The summed E-state index contributed by atoms with van der Waals surface area (Å²) in [4.78, 5) is 13.7. The molecule has 0 bridgehead atoms. The Bertz CT molecular complexity index is 767. The summed E-state index contributed by atoms with van der Waals surface area (Å²) in [5.41, 5.74) is 3.09. The summed E-state index contributed by atoms with van der Waals surface area (Å²) in [6.45, 7) is 10.7. The van der Waals surface area contributed by atoms with Crippen molar-refractivity contribution in [2.24, 2.45) is 17.8 Å². The number of carbonyl (C=O) groups is 1. The average molecular weight is 403 g/mol. The lowest BCUT2D eigenvalue weighted by molar-refractivity contribution is -0.159. The first-order valence-electron chi connectivity index (χ1n) is 10.6. The van der Waals surface area contributed by atoms with Crippen molar-refractivity contribution < 1.29 is 13.7 Å². The van der Waals surface area contributed by atoms with Gasteiger partial charge in [-0.2, -0.15) is 0 Å². The first kappa shape index (κ1) is 21.3. The summed E-state index contributed by atoms with van der Waals surface area (Å²) in [5.74, 6) is 1.54. The van der Waals surface area contributed by atoms with Crippen LogP contribution in [0.2, 0.25) is 0 Å². The number of hydrogen-bond acceptors (Lipinski definition) is 3. The fourth-order valence-electron chi connectivity index (χ4n) is 4.75. The number of benzene rings is 1. The summed E-state index contributed by atoms with van der Waals surface area (Å²) in [5, 5.41) is 0. The zero-order valence-electron chi connectivity index (χ0n) is 17.9. The van der Waals surface area contributed by atoms with Crippen LogP contribution in [0, 0.1) is 17.8 Å². The summed E-state index contributed by atoms with van der Waals surface area (Å²) in [6.07, 6.45) is 3.58. The zero-order valence-corrected chi connectivity index (χ0v) is 18.7. The van der Waals surface area contributed by atoms with Crippen molar-refractivity contribution in [2.45, 2.75) is 71.2 Å². The molecule has 2 aliphatic rings. The predicted molar refractivity (Wildman–Crippen MR) is 115 cm³/mol. The van der Waals surface area contributed by atoms with E-state index in [-0.39, 0.29) is 12.1 Å². The molecular weight excluding hydrogens is 368 g/mol. The minimum absolute atomic E-state index is 0.0823. The largest absolute Gasteiger partial charge is 0.461 e. The van der Waals surface area contributed by atoms with E-state index in [1.807, 2.05) is 37.3 Å². The lowest BCUT2D eigenvalue weighted by atomic mass is 9.75. The smallest absolute Gasteiger partial charge is 0.330 e. The summed E-state index contributed by atoms with van der Waals surface area (Å²) < 4.78 is 18.6. The standard InChI is InChI=1S/C24H34O3S/c1-16(2)21-12-11-17(3)13-22(21)27-23(25)24(20-9-7-6-8-10-20)14-18(4)19(5)15-28(24)26/h6-10,16-17,21-22H,11-15H2,1-5H3/t17-,21+,22+,24+,28+/m0/s1. The van der Waals surface area contributed by atoms with Crippen molar-refractivity contribution in [1.82, 2.24) is 0 Å². The lowest BCUT2D eigenvalue weighted by Gasteiger charge is -2.41. The molecule has 0 radical (unpaired) electrons. The number of esters is 1. The van der Waals surface area contributed by atoms with Crippen LogP contribution in [0.25, 0.3) is 0 Å². The van der Waals surface area contributed by atoms with Gasteiger partial charge in [-0.15, -0.1) is 0 Å². The number of rotatable bonds is 4. The Balaban J connectivity index is 1.97. The SMILES string of the molecule is CC1=C(C)C[C@](C(=O)O[C@@H]2C[C@@H](C)CC[C@@H]2C(C)C)(c2ccccc2)[S@](=O)C1. The molecule has 0 amide bonds.